The topological polar surface area (TPSA) is 161 Å². The molecule has 1 aliphatic rings. The van der Waals surface area contributed by atoms with Crippen molar-refractivity contribution in [2.24, 2.45) is 11.1 Å². The summed E-state index contributed by atoms with van der Waals surface area (Å²) in [7, 11) is -4.14. The van der Waals surface area contributed by atoms with Gasteiger partial charge in [0.05, 0.1) is 30.0 Å². The molecule has 5 N–H and O–H groups in total. The van der Waals surface area contributed by atoms with Gasteiger partial charge in [0.1, 0.15) is 11.9 Å². The zero-order valence-electron chi connectivity index (χ0n) is 19.8. The summed E-state index contributed by atoms with van der Waals surface area (Å²) in [6, 6.07) is 11.0. The molecule has 0 spiro atoms. The Kier molecular flexibility index (Phi) is 7.13. The summed E-state index contributed by atoms with van der Waals surface area (Å²) in [6.07, 6.45) is -0.419. The number of nitrogens with one attached hydrogen (secondary N) is 1. The van der Waals surface area contributed by atoms with E-state index in [4.69, 9.17) is 15.0 Å². The Morgan fingerprint density at radius 1 is 1.23 bits per heavy atom. The number of fused-ring (bicyclic) bond motifs is 1. The van der Waals surface area contributed by atoms with Crippen LogP contribution in [0.5, 0.6) is 0 Å². The molecule has 4 atom stereocenters. The van der Waals surface area contributed by atoms with Crippen LogP contribution in [0.25, 0.3) is 16.9 Å². The SMILES string of the molecule is CCOC(C)(C)c1cccc(-c2cc3nccc(N[C@@H]4C[C@H](COS(N)(=O)=O)[C@@H](O)[C@H]4O)n3n2)c1. The van der Waals surface area contributed by atoms with Gasteiger partial charge in [0.2, 0.25) is 0 Å². The molecule has 35 heavy (non-hydrogen) atoms. The van der Waals surface area contributed by atoms with Gasteiger partial charge in [0.25, 0.3) is 0 Å². The first-order chi connectivity index (χ1) is 16.5. The van der Waals surface area contributed by atoms with Gasteiger partial charge >= 0.3 is 10.3 Å². The maximum atomic E-state index is 11.1. The number of ether oxygens (including phenoxy) is 1. The number of hydrogen-bond donors (Lipinski definition) is 4. The van der Waals surface area contributed by atoms with Gasteiger partial charge in [0.15, 0.2) is 5.65 Å². The Hall–Kier alpha value is -2.61. The summed E-state index contributed by atoms with van der Waals surface area (Å²) in [5.74, 6) is -0.0425. The molecule has 2 aromatic heterocycles. The first kappa shape index (κ1) is 25.5. The van der Waals surface area contributed by atoms with Crippen LogP contribution in [0.3, 0.4) is 0 Å². The summed E-state index contributed by atoms with van der Waals surface area (Å²) in [5.41, 5.74) is 2.80. The van der Waals surface area contributed by atoms with Gasteiger partial charge in [-0.25, -0.2) is 10.1 Å². The van der Waals surface area contributed by atoms with Crippen molar-refractivity contribution in [2.45, 2.75) is 51.0 Å². The van der Waals surface area contributed by atoms with E-state index in [2.05, 4.69) is 14.5 Å². The Morgan fingerprint density at radius 3 is 2.71 bits per heavy atom. The molecule has 0 bridgehead atoms. The lowest BCUT2D eigenvalue weighted by Gasteiger charge is -2.25. The van der Waals surface area contributed by atoms with E-state index in [-0.39, 0.29) is 13.0 Å². The largest absolute Gasteiger partial charge is 0.390 e. The minimum Gasteiger partial charge on any atom is -0.390 e. The highest BCUT2D eigenvalue weighted by Gasteiger charge is 2.42. The molecule has 0 saturated heterocycles. The summed E-state index contributed by atoms with van der Waals surface area (Å²) in [4.78, 5) is 4.39. The second kappa shape index (κ2) is 9.80. The fourth-order valence-electron chi connectivity index (χ4n) is 4.45. The van der Waals surface area contributed by atoms with Gasteiger partial charge in [0, 0.05) is 30.4 Å². The highest BCUT2D eigenvalue weighted by Crippen LogP contribution is 2.31. The van der Waals surface area contributed by atoms with Gasteiger partial charge in [-0.3, -0.25) is 4.18 Å². The van der Waals surface area contributed by atoms with Gasteiger partial charge in [-0.15, -0.1) is 0 Å². The molecule has 3 aromatic rings. The number of nitrogens with two attached hydrogens (primary N) is 1. The lowest BCUT2D eigenvalue weighted by Crippen LogP contribution is -2.36. The highest BCUT2D eigenvalue weighted by molar-refractivity contribution is 7.84. The lowest BCUT2D eigenvalue weighted by atomic mass is 9.95. The van der Waals surface area contributed by atoms with Gasteiger partial charge < -0.3 is 20.3 Å². The molecular weight excluding hydrogens is 474 g/mol. The predicted octanol–water partition coefficient (Wildman–Crippen LogP) is 1.41. The van der Waals surface area contributed by atoms with Crippen molar-refractivity contribution < 1.29 is 27.6 Å². The van der Waals surface area contributed by atoms with Crippen LogP contribution in [0, 0.1) is 5.92 Å². The second-order valence-electron chi connectivity index (χ2n) is 9.16. The second-order valence-corrected chi connectivity index (χ2v) is 10.4. The van der Waals surface area contributed by atoms with Gasteiger partial charge in [-0.2, -0.15) is 18.0 Å². The first-order valence-corrected chi connectivity index (χ1v) is 12.8. The molecule has 2 heterocycles. The van der Waals surface area contributed by atoms with Crippen molar-refractivity contribution in [3.05, 3.63) is 48.2 Å². The van der Waals surface area contributed by atoms with Crippen molar-refractivity contribution in [3.8, 4) is 11.3 Å². The predicted molar refractivity (Wildman–Crippen MR) is 130 cm³/mol. The molecule has 0 radical (unpaired) electrons. The molecule has 12 heteroatoms. The average molecular weight is 506 g/mol. The van der Waals surface area contributed by atoms with Crippen LogP contribution in [0.15, 0.2) is 42.6 Å². The third-order valence-electron chi connectivity index (χ3n) is 6.30. The van der Waals surface area contributed by atoms with Crippen molar-refractivity contribution in [1.29, 1.82) is 0 Å². The molecule has 1 fully saturated rings. The summed E-state index contributed by atoms with van der Waals surface area (Å²) >= 11 is 0. The van der Waals surface area contributed by atoms with Crippen LogP contribution in [0.2, 0.25) is 0 Å². The average Bonchev–Trinajstić information content (AvgIpc) is 3.35. The minimum absolute atomic E-state index is 0.268. The summed E-state index contributed by atoms with van der Waals surface area (Å²) in [6.45, 7) is 6.28. The zero-order valence-corrected chi connectivity index (χ0v) is 20.6. The van der Waals surface area contributed by atoms with E-state index >= 15 is 0 Å². The molecule has 0 unspecified atom stereocenters. The molecule has 1 aliphatic carbocycles. The molecule has 1 saturated carbocycles. The molecule has 4 rings (SSSR count). The van der Waals surface area contributed by atoms with E-state index in [1.54, 1.807) is 16.8 Å². The Balaban J connectivity index is 1.58. The fraction of sp³-hybridized carbons (Fsp3) is 0.478. The fourth-order valence-corrected chi connectivity index (χ4v) is 4.81. The lowest BCUT2D eigenvalue weighted by molar-refractivity contribution is -0.0139. The van der Waals surface area contributed by atoms with Crippen molar-refractivity contribution in [2.75, 3.05) is 18.5 Å². The van der Waals surface area contributed by atoms with Gasteiger partial charge in [-0.05, 0) is 44.9 Å². The number of hydrogen-bond acceptors (Lipinski definition) is 9. The third kappa shape index (κ3) is 5.63. The molecule has 1 aromatic carbocycles. The Labute approximate surface area is 204 Å². The highest BCUT2D eigenvalue weighted by atomic mass is 32.2. The van der Waals surface area contributed by atoms with Crippen molar-refractivity contribution >= 4 is 21.8 Å². The number of rotatable bonds is 9. The van der Waals surface area contributed by atoms with Crippen LogP contribution in [0.1, 0.15) is 32.8 Å². The maximum Gasteiger partial charge on any atom is 0.333 e. The van der Waals surface area contributed by atoms with E-state index in [1.807, 2.05) is 51.1 Å². The minimum atomic E-state index is -4.14. The standard InChI is InChI=1S/C23H31N5O6S/c1-4-33-23(2,3)16-7-5-6-14(10-16)17-12-20-25-9-8-19(28(20)27-17)26-18-11-15(21(29)22(18)30)13-34-35(24,31)32/h5-10,12,15,18,21-22,26,29-30H,4,11,13H2,1-3H3,(H2,24,31,32)/t15-,18-,21-,22+/m1/s1. The van der Waals surface area contributed by atoms with Crippen LogP contribution in [0.4, 0.5) is 5.82 Å². The van der Waals surface area contributed by atoms with E-state index in [0.717, 1.165) is 11.1 Å². The van der Waals surface area contributed by atoms with E-state index in [0.29, 0.717) is 23.8 Å². The van der Waals surface area contributed by atoms with E-state index < -0.39 is 40.1 Å². The van der Waals surface area contributed by atoms with E-state index in [1.165, 1.54) is 0 Å². The number of anilines is 1. The van der Waals surface area contributed by atoms with Crippen molar-refractivity contribution in [1.82, 2.24) is 14.6 Å². The molecule has 190 valence electrons. The van der Waals surface area contributed by atoms with Crippen LogP contribution >= 0.6 is 0 Å². The number of benzene rings is 1. The number of aromatic nitrogens is 3. The molecule has 0 aliphatic heterocycles. The van der Waals surface area contributed by atoms with Crippen LogP contribution < -0.4 is 10.5 Å². The monoisotopic (exact) mass is 505 g/mol. The maximum absolute atomic E-state index is 11.1. The Morgan fingerprint density at radius 2 is 2.00 bits per heavy atom. The summed E-state index contributed by atoms with van der Waals surface area (Å²) in [5, 5.41) is 33.7. The zero-order chi connectivity index (χ0) is 25.4. The number of nitrogens with zero attached hydrogens (tertiary/aromatic N) is 3. The van der Waals surface area contributed by atoms with Crippen LogP contribution in [-0.4, -0.2) is 64.7 Å². The molecule has 11 nitrogen and oxygen atoms in total. The molecular formula is C23H31N5O6S. The van der Waals surface area contributed by atoms with Crippen molar-refractivity contribution in [3.63, 3.8) is 0 Å². The van der Waals surface area contributed by atoms with Crippen LogP contribution in [-0.2, 0) is 24.8 Å². The quantitative estimate of drug-likeness (QED) is 0.337. The number of aliphatic hydroxyl groups is 2. The summed E-state index contributed by atoms with van der Waals surface area (Å²) < 4.78 is 34.3. The first-order valence-electron chi connectivity index (χ1n) is 11.4. The Bertz CT molecular complexity index is 1290. The smallest absolute Gasteiger partial charge is 0.333 e. The number of aliphatic hydroxyl groups excluding tert-OH is 2. The third-order valence-corrected chi connectivity index (χ3v) is 6.76. The molecule has 0 amide bonds. The van der Waals surface area contributed by atoms with E-state index in [9.17, 15) is 18.6 Å². The normalized spacial score (nSPS) is 23.1. The van der Waals surface area contributed by atoms with Gasteiger partial charge in [-0.1, -0.05) is 18.2 Å².